The summed E-state index contributed by atoms with van der Waals surface area (Å²) in [6.45, 7) is 0.595. The SMILES string of the molecule is COc1ccc(CNc2ncnc(Nc3cccnc3)c2N)cc1. The zero-order valence-electron chi connectivity index (χ0n) is 13.2. The van der Waals surface area contributed by atoms with E-state index in [0.29, 0.717) is 23.9 Å². The van der Waals surface area contributed by atoms with Crippen molar-refractivity contribution in [2.45, 2.75) is 6.54 Å². The Kier molecular flexibility index (Phi) is 4.71. The quantitative estimate of drug-likeness (QED) is 0.642. The highest BCUT2D eigenvalue weighted by Gasteiger charge is 2.08. The van der Waals surface area contributed by atoms with Gasteiger partial charge < -0.3 is 21.1 Å². The fourth-order valence-corrected chi connectivity index (χ4v) is 2.14. The van der Waals surface area contributed by atoms with Crippen molar-refractivity contribution in [3.05, 3.63) is 60.7 Å². The number of hydrogen-bond acceptors (Lipinski definition) is 7. The zero-order chi connectivity index (χ0) is 16.8. The molecule has 0 aliphatic carbocycles. The molecule has 0 spiro atoms. The van der Waals surface area contributed by atoms with Crippen LogP contribution in [0.5, 0.6) is 5.75 Å². The average molecular weight is 322 g/mol. The molecule has 0 aliphatic heterocycles. The molecule has 7 nitrogen and oxygen atoms in total. The second-order valence-corrected chi connectivity index (χ2v) is 5.05. The van der Waals surface area contributed by atoms with Crippen LogP contribution in [0.1, 0.15) is 5.56 Å². The van der Waals surface area contributed by atoms with E-state index in [1.54, 1.807) is 19.5 Å². The van der Waals surface area contributed by atoms with Crippen LogP contribution >= 0.6 is 0 Å². The Morgan fingerprint density at radius 2 is 1.88 bits per heavy atom. The molecule has 3 rings (SSSR count). The second-order valence-electron chi connectivity index (χ2n) is 5.05. The maximum absolute atomic E-state index is 6.15. The van der Waals surface area contributed by atoms with Crippen LogP contribution in [0, 0.1) is 0 Å². The number of ether oxygens (including phenoxy) is 1. The Morgan fingerprint density at radius 1 is 1.08 bits per heavy atom. The van der Waals surface area contributed by atoms with E-state index in [2.05, 4.69) is 25.6 Å². The van der Waals surface area contributed by atoms with Gasteiger partial charge in [0.1, 0.15) is 17.8 Å². The van der Waals surface area contributed by atoms with Crippen LogP contribution in [0.15, 0.2) is 55.1 Å². The summed E-state index contributed by atoms with van der Waals surface area (Å²) in [5.41, 5.74) is 8.51. The summed E-state index contributed by atoms with van der Waals surface area (Å²) in [7, 11) is 1.64. The lowest BCUT2D eigenvalue weighted by Crippen LogP contribution is -2.08. The molecule has 4 N–H and O–H groups in total. The van der Waals surface area contributed by atoms with Gasteiger partial charge in [0.15, 0.2) is 11.6 Å². The van der Waals surface area contributed by atoms with Crippen molar-refractivity contribution in [1.82, 2.24) is 15.0 Å². The fraction of sp³-hybridized carbons (Fsp3) is 0.118. The summed E-state index contributed by atoms with van der Waals surface area (Å²) < 4.78 is 5.15. The first-order valence-electron chi connectivity index (χ1n) is 7.40. The third kappa shape index (κ3) is 3.70. The van der Waals surface area contributed by atoms with E-state index in [9.17, 15) is 0 Å². The van der Waals surface area contributed by atoms with Crippen LogP contribution in [0.25, 0.3) is 0 Å². The number of aromatic nitrogens is 3. The molecule has 0 bridgehead atoms. The number of rotatable bonds is 6. The number of nitrogen functional groups attached to an aromatic ring is 1. The van der Waals surface area contributed by atoms with Crippen molar-refractivity contribution in [3.63, 3.8) is 0 Å². The number of anilines is 4. The van der Waals surface area contributed by atoms with Gasteiger partial charge >= 0.3 is 0 Å². The van der Waals surface area contributed by atoms with Crippen molar-refractivity contribution < 1.29 is 4.74 Å². The largest absolute Gasteiger partial charge is 0.497 e. The lowest BCUT2D eigenvalue weighted by molar-refractivity contribution is 0.414. The summed E-state index contributed by atoms with van der Waals surface area (Å²) in [6.07, 6.45) is 4.87. The number of hydrogen-bond donors (Lipinski definition) is 3. The van der Waals surface area contributed by atoms with Crippen molar-refractivity contribution in [2.75, 3.05) is 23.5 Å². The molecule has 3 aromatic rings. The highest BCUT2D eigenvalue weighted by molar-refractivity contribution is 5.77. The molecule has 24 heavy (non-hydrogen) atoms. The first-order chi connectivity index (χ1) is 11.8. The predicted octanol–water partition coefficient (Wildman–Crippen LogP) is 2.82. The van der Waals surface area contributed by atoms with Crippen molar-refractivity contribution in [1.29, 1.82) is 0 Å². The van der Waals surface area contributed by atoms with Gasteiger partial charge in [-0.25, -0.2) is 9.97 Å². The molecule has 0 atom stereocenters. The minimum absolute atomic E-state index is 0.454. The summed E-state index contributed by atoms with van der Waals surface area (Å²) in [5, 5.41) is 6.35. The molecule has 0 saturated heterocycles. The van der Waals surface area contributed by atoms with E-state index in [4.69, 9.17) is 10.5 Å². The summed E-state index contributed by atoms with van der Waals surface area (Å²) in [5.74, 6) is 1.94. The van der Waals surface area contributed by atoms with Crippen molar-refractivity contribution in [3.8, 4) is 5.75 Å². The van der Waals surface area contributed by atoms with Crippen LogP contribution in [0.4, 0.5) is 23.0 Å². The first kappa shape index (κ1) is 15.5. The van der Waals surface area contributed by atoms with Gasteiger partial charge in [-0.3, -0.25) is 4.98 Å². The van der Waals surface area contributed by atoms with Gasteiger partial charge in [0.05, 0.1) is 19.0 Å². The normalized spacial score (nSPS) is 10.2. The molecule has 0 saturated carbocycles. The fourth-order valence-electron chi connectivity index (χ4n) is 2.14. The van der Waals surface area contributed by atoms with E-state index in [1.807, 2.05) is 36.4 Å². The van der Waals surface area contributed by atoms with Crippen LogP contribution in [-0.2, 0) is 6.54 Å². The average Bonchev–Trinajstić information content (AvgIpc) is 2.64. The van der Waals surface area contributed by atoms with E-state index in [0.717, 1.165) is 17.0 Å². The maximum atomic E-state index is 6.15. The van der Waals surface area contributed by atoms with Gasteiger partial charge in [-0.05, 0) is 29.8 Å². The topological polar surface area (TPSA) is 98.0 Å². The molecule has 7 heteroatoms. The molecule has 2 aromatic heterocycles. The monoisotopic (exact) mass is 322 g/mol. The molecule has 0 unspecified atom stereocenters. The van der Waals surface area contributed by atoms with Crippen LogP contribution in [0.2, 0.25) is 0 Å². The van der Waals surface area contributed by atoms with Gasteiger partial charge in [-0.2, -0.15) is 0 Å². The van der Waals surface area contributed by atoms with Gasteiger partial charge in [-0.1, -0.05) is 12.1 Å². The number of nitrogens with one attached hydrogen (secondary N) is 2. The van der Waals surface area contributed by atoms with Crippen LogP contribution in [0.3, 0.4) is 0 Å². The number of methoxy groups -OCH3 is 1. The van der Waals surface area contributed by atoms with Crippen molar-refractivity contribution >= 4 is 23.0 Å². The molecular weight excluding hydrogens is 304 g/mol. The van der Waals surface area contributed by atoms with E-state index in [-0.39, 0.29) is 0 Å². The molecule has 1 aromatic carbocycles. The standard InChI is InChI=1S/C17H18N6O/c1-24-14-6-4-12(5-7-14)9-20-16-15(18)17(22-11-21-16)23-13-3-2-8-19-10-13/h2-8,10-11H,9,18H2,1H3,(H2,20,21,22,23). The third-order valence-corrected chi connectivity index (χ3v) is 3.43. The molecule has 0 radical (unpaired) electrons. The van der Waals surface area contributed by atoms with Gasteiger partial charge in [0.2, 0.25) is 0 Å². The van der Waals surface area contributed by atoms with E-state index >= 15 is 0 Å². The smallest absolute Gasteiger partial charge is 0.159 e. The Bertz CT molecular complexity index is 792. The molecular formula is C17H18N6O. The van der Waals surface area contributed by atoms with E-state index < -0.39 is 0 Å². The molecule has 122 valence electrons. The number of nitrogens with zero attached hydrogens (tertiary/aromatic N) is 3. The third-order valence-electron chi connectivity index (χ3n) is 3.43. The van der Waals surface area contributed by atoms with Crippen molar-refractivity contribution in [2.24, 2.45) is 0 Å². The summed E-state index contributed by atoms with van der Waals surface area (Å²) >= 11 is 0. The van der Waals surface area contributed by atoms with Gasteiger partial charge in [0, 0.05) is 12.7 Å². The Labute approximate surface area is 139 Å². The lowest BCUT2D eigenvalue weighted by atomic mass is 10.2. The number of pyridine rings is 1. The Morgan fingerprint density at radius 3 is 2.58 bits per heavy atom. The molecule has 0 aliphatic rings. The molecule has 0 fully saturated rings. The number of benzene rings is 1. The van der Waals surface area contributed by atoms with Gasteiger partial charge in [0.25, 0.3) is 0 Å². The maximum Gasteiger partial charge on any atom is 0.159 e. The molecule has 2 heterocycles. The van der Waals surface area contributed by atoms with Gasteiger partial charge in [-0.15, -0.1) is 0 Å². The first-order valence-corrected chi connectivity index (χ1v) is 7.40. The highest BCUT2D eigenvalue weighted by atomic mass is 16.5. The summed E-state index contributed by atoms with van der Waals surface area (Å²) in [4.78, 5) is 12.4. The predicted molar refractivity (Wildman–Crippen MR) is 94.3 cm³/mol. The zero-order valence-corrected chi connectivity index (χ0v) is 13.2. The Balaban J connectivity index is 1.70. The lowest BCUT2D eigenvalue weighted by Gasteiger charge is -2.12. The second kappa shape index (κ2) is 7.28. The van der Waals surface area contributed by atoms with Crippen LogP contribution in [-0.4, -0.2) is 22.1 Å². The minimum Gasteiger partial charge on any atom is -0.497 e. The summed E-state index contributed by atoms with van der Waals surface area (Å²) in [6, 6.07) is 11.5. The Hall–Kier alpha value is -3.35. The number of nitrogens with two attached hydrogens (primary N) is 1. The van der Waals surface area contributed by atoms with E-state index in [1.165, 1.54) is 6.33 Å². The minimum atomic E-state index is 0.454. The highest BCUT2D eigenvalue weighted by Crippen LogP contribution is 2.25. The molecule has 0 amide bonds. The van der Waals surface area contributed by atoms with Crippen LogP contribution < -0.4 is 21.1 Å².